The van der Waals surface area contributed by atoms with Gasteiger partial charge < -0.3 is 10.6 Å². The fourth-order valence-corrected chi connectivity index (χ4v) is 1.44. The summed E-state index contributed by atoms with van der Waals surface area (Å²) in [6, 6.07) is 0.406. The van der Waals surface area contributed by atoms with Gasteiger partial charge in [0.15, 0.2) is 0 Å². The largest absolute Gasteiger partial charge is 0.352 e. The molecule has 1 amide bonds. The van der Waals surface area contributed by atoms with Crippen molar-refractivity contribution in [2.45, 2.75) is 25.3 Å². The maximum absolute atomic E-state index is 11.2. The maximum Gasteiger partial charge on any atom is 0.223 e. The van der Waals surface area contributed by atoms with Crippen molar-refractivity contribution >= 4 is 18.3 Å². The molecule has 70 valence electrons. The van der Waals surface area contributed by atoms with Gasteiger partial charge in [0.2, 0.25) is 5.91 Å². The van der Waals surface area contributed by atoms with E-state index in [1.54, 1.807) is 0 Å². The quantitative estimate of drug-likeness (QED) is 0.658. The molecule has 1 saturated carbocycles. The van der Waals surface area contributed by atoms with Crippen LogP contribution in [0.25, 0.3) is 0 Å². The Labute approximate surface area is 78.7 Å². The first kappa shape index (κ1) is 9.81. The monoisotopic (exact) mass is 190 g/mol. The third-order valence-corrected chi connectivity index (χ3v) is 2.35. The summed E-state index contributed by atoms with van der Waals surface area (Å²) in [5, 5.41) is 6.26. The molecule has 2 rings (SSSR count). The van der Waals surface area contributed by atoms with Gasteiger partial charge >= 0.3 is 0 Å². The van der Waals surface area contributed by atoms with Gasteiger partial charge in [-0.05, 0) is 25.8 Å². The molecule has 0 aromatic rings. The molecule has 0 aromatic carbocycles. The highest BCUT2D eigenvalue weighted by molar-refractivity contribution is 5.85. The molecule has 1 saturated heterocycles. The zero-order valence-corrected chi connectivity index (χ0v) is 7.82. The number of hydrogen-bond donors (Lipinski definition) is 2. The van der Waals surface area contributed by atoms with Crippen LogP contribution in [0.3, 0.4) is 0 Å². The Morgan fingerprint density at radius 3 is 2.58 bits per heavy atom. The summed E-state index contributed by atoms with van der Waals surface area (Å²) in [4.78, 5) is 11.2. The fraction of sp³-hybridized carbons (Fsp3) is 0.875. The number of carbonyl (C=O) groups is 1. The van der Waals surface area contributed by atoms with Crippen LogP contribution in [0, 0.1) is 5.92 Å². The van der Waals surface area contributed by atoms with E-state index in [0.29, 0.717) is 12.0 Å². The Morgan fingerprint density at radius 2 is 2.08 bits per heavy atom. The second-order valence-electron chi connectivity index (χ2n) is 3.47. The predicted octanol–water partition coefficient (Wildman–Crippen LogP) is 0.296. The minimum Gasteiger partial charge on any atom is -0.352 e. The van der Waals surface area contributed by atoms with Crippen LogP contribution in [0.4, 0.5) is 0 Å². The lowest BCUT2D eigenvalue weighted by molar-refractivity contribution is -0.122. The van der Waals surface area contributed by atoms with Crippen LogP contribution >= 0.6 is 12.4 Å². The normalized spacial score (nSPS) is 27.8. The van der Waals surface area contributed by atoms with Crippen molar-refractivity contribution in [1.29, 1.82) is 0 Å². The second kappa shape index (κ2) is 4.10. The molecule has 2 N–H and O–H groups in total. The van der Waals surface area contributed by atoms with Gasteiger partial charge in [-0.3, -0.25) is 4.79 Å². The molecule has 3 nitrogen and oxygen atoms in total. The fourth-order valence-electron chi connectivity index (χ4n) is 1.44. The van der Waals surface area contributed by atoms with Crippen molar-refractivity contribution < 1.29 is 4.79 Å². The van der Waals surface area contributed by atoms with E-state index < -0.39 is 0 Å². The Balaban J connectivity index is 0.000000720. The molecule has 0 radical (unpaired) electrons. The average Bonchev–Trinajstić information content (AvgIpc) is 2.73. The topological polar surface area (TPSA) is 41.1 Å². The van der Waals surface area contributed by atoms with Gasteiger partial charge in [0.05, 0.1) is 0 Å². The SMILES string of the molecule is Cl.O=C(NC1CCNC1)C1CC1. The highest BCUT2D eigenvalue weighted by Gasteiger charge is 2.31. The molecule has 1 unspecified atom stereocenters. The second-order valence-corrected chi connectivity index (χ2v) is 3.47. The molecule has 1 atom stereocenters. The summed E-state index contributed by atoms with van der Waals surface area (Å²) < 4.78 is 0. The lowest BCUT2D eigenvalue weighted by atomic mass is 10.2. The highest BCUT2D eigenvalue weighted by atomic mass is 35.5. The van der Waals surface area contributed by atoms with Crippen LogP contribution in [-0.2, 0) is 4.79 Å². The smallest absolute Gasteiger partial charge is 0.223 e. The van der Waals surface area contributed by atoms with Crippen LogP contribution in [0.2, 0.25) is 0 Å². The van der Waals surface area contributed by atoms with E-state index in [2.05, 4.69) is 10.6 Å². The van der Waals surface area contributed by atoms with Crippen molar-refractivity contribution in [2.24, 2.45) is 5.92 Å². The van der Waals surface area contributed by atoms with Crippen LogP contribution in [0.1, 0.15) is 19.3 Å². The molecule has 4 heteroatoms. The van der Waals surface area contributed by atoms with Crippen LogP contribution in [0.15, 0.2) is 0 Å². The molecule has 12 heavy (non-hydrogen) atoms. The lowest BCUT2D eigenvalue weighted by Crippen LogP contribution is -2.37. The van der Waals surface area contributed by atoms with E-state index in [1.165, 1.54) is 0 Å². The molecular formula is C8H15ClN2O. The summed E-state index contributed by atoms with van der Waals surface area (Å²) in [5.41, 5.74) is 0. The van der Waals surface area contributed by atoms with Gasteiger partial charge in [-0.1, -0.05) is 0 Å². The molecule has 1 heterocycles. The Morgan fingerprint density at radius 1 is 1.33 bits per heavy atom. The summed E-state index contributed by atoms with van der Waals surface area (Å²) >= 11 is 0. The molecule has 2 aliphatic rings. The predicted molar refractivity (Wildman–Crippen MR) is 49.4 cm³/mol. The van der Waals surface area contributed by atoms with E-state index in [1.807, 2.05) is 0 Å². The molecule has 0 spiro atoms. The summed E-state index contributed by atoms with van der Waals surface area (Å²) in [5.74, 6) is 0.634. The summed E-state index contributed by atoms with van der Waals surface area (Å²) in [7, 11) is 0. The summed E-state index contributed by atoms with van der Waals surface area (Å²) in [6.07, 6.45) is 3.30. The van der Waals surface area contributed by atoms with E-state index in [4.69, 9.17) is 0 Å². The lowest BCUT2D eigenvalue weighted by Gasteiger charge is -2.09. The summed E-state index contributed by atoms with van der Waals surface area (Å²) in [6.45, 7) is 2.01. The van der Waals surface area contributed by atoms with Crippen LogP contribution in [0.5, 0.6) is 0 Å². The van der Waals surface area contributed by atoms with Gasteiger partial charge in [0.25, 0.3) is 0 Å². The van der Waals surface area contributed by atoms with Gasteiger partial charge in [-0.15, -0.1) is 12.4 Å². The van der Waals surface area contributed by atoms with Gasteiger partial charge in [0.1, 0.15) is 0 Å². The third-order valence-electron chi connectivity index (χ3n) is 2.35. The van der Waals surface area contributed by atoms with Crippen molar-refractivity contribution in [3.05, 3.63) is 0 Å². The number of halogens is 1. The average molecular weight is 191 g/mol. The number of hydrogen-bond acceptors (Lipinski definition) is 2. The molecule has 0 bridgehead atoms. The van der Waals surface area contributed by atoms with Crippen LogP contribution < -0.4 is 10.6 Å². The van der Waals surface area contributed by atoms with E-state index >= 15 is 0 Å². The number of carbonyl (C=O) groups excluding carboxylic acids is 1. The standard InChI is InChI=1S/C8H14N2O.ClH/c11-8(6-1-2-6)10-7-3-4-9-5-7;/h6-7,9H,1-5H2,(H,10,11);1H. The van der Waals surface area contributed by atoms with Gasteiger partial charge in [-0.2, -0.15) is 0 Å². The van der Waals surface area contributed by atoms with Gasteiger partial charge in [-0.25, -0.2) is 0 Å². The minimum absolute atomic E-state index is 0. The molecule has 2 fully saturated rings. The van der Waals surface area contributed by atoms with Crippen molar-refractivity contribution in [3.63, 3.8) is 0 Å². The first-order valence-electron chi connectivity index (χ1n) is 4.37. The first-order valence-corrected chi connectivity index (χ1v) is 4.37. The van der Waals surface area contributed by atoms with Crippen LogP contribution in [-0.4, -0.2) is 25.0 Å². The number of nitrogens with one attached hydrogen (secondary N) is 2. The first-order chi connectivity index (χ1) is 5.36. The van der Waals surface area contributed by atoms with E-state index in [-0.39, 0.29) is 18.3 Å². The zero-order chi connectivity index (χ0) is 7.68. The number of rotatable bonds is 2. The third kappa shape index (κ3) is 2.35. The Kier molecular flexibility index (Phi) is 3.35. The van der Waals surface area contributed by atoms with E-state index in [0.717, 1.165) is 32.4 Å². The molecular weight excluding hydrogens is 176 g/mol. The number of amides is 1. The highest BCUT2D eigenvalue weighted by Crippen LogP contribution is 2.28. The molecule has 1 aliphatic heterocycles. The van der Waals surface area contributed by atoms with E-state index in [9.17, 15) is 4.79 Å². The minimum atomic E-state index is 0. The molecule has 0 aromatic heterocycles. The zero-order valence-electron chi connectivity index (χ0n) is 7.01. The van der Waals surface area contributed by atoms with Crippen molar-refractivity contribution in [2.75, 3.05) is 13.1 Å². The van der Waals surface area contributed by atoms with Gasteiger partial charge in [0, 0.05) is 18.5 Å². The Hall–Kier alpha value is -0.280. The molecule has 1 aliphatic carbocycles. The Bertz CT molecular complexity index is 164. The van der Waals surface area contributed by atoms with Crippen molar-refractivity contribution in [3.8, 4) is 0 Å². The van der Waals surface area contributed by atoms with Crippen molar-refractivity contribution in [1.82, 2.24) is 10.6 Å². The maximum atomic E-state index is 11.2.